The van der Waals surface area contributed by atoms with Crippen molar-refractivity contribution in [1.82, 2.24) is 4.90 Å². The van der Waals surface area contributed by atoms with Crippen molar-refractivity contribution in [3.8, 4) is 0 Å². The van der Waals surface area contributed by atoms with Crippen LogP contribution in [0.15, 0.2) is 27.7 Å². The molecule has 1 rings (SSSR count). The Balaban J connectivity index is 2.88. The van der Waals surface area contributed by atoms with E-state index in [4.69, 9.17) is 0 Å². The summed E-state index contributed by atoms with van der Waals surface area (Å²) in [6, 6.07) is 5.43. The molecule has 1 amide bonds. The highest BCUT2D eigenvalue weighted by Gasteiger charge is 2.04. The number of benzene rings is 1. The number of halogens is 1. The number of hydrogen-bond donors (Lipinski definition) is 0. The van der Waals surface area contributed by atoms with Crippen LogP contribution < -0.4 is 0 Å². The molecule has 0 aliphatic rings. The maximum atomic E-state index is 11.6. The van der Waals surface area contributed by atoms with Crippen LogP contribution in [0.1, 0.15) is 15.9 Å². The van der Waals surface area contributed by atoms with Crippen LogP contribution in [0.2, 0.25) is 0 Å². The number of amides is 1. The molecule has 0 atom stereocenters. The van der Waals surface area contributed by atoms with E-state index in [0.717, 1.165) is 10.0 Å². The SMILES string of the molecule is Cc1cc(C(=O)/N=C/N(C)C)ccc1Br. The molecule has 0 N–H and O–H groups in total. The molecule has 0 radical (unpaired) electrons. The maximum absolute atomic E-state index is 11.6. The van der Waals surface area contributed by atoms with E-state index in [1.165, 1.54) is 6.34 Å². The highest BCUT2D eigenvalue weighted by atomic mass is 79.9. The summed E-state index contributed by atoms with van der Waals surface area (Å²) in [5.74, 6) is -0.223. The molecule has 0 saturated carbocycles. The van der Waals surface area contributed by atoms with Gasteiger partial charge in [0.1, 0.15) is 0 Å². The summed E-state index contributed by atoms with van der Waals surface area (Å²) in [5, 5.41) is 0. The molecule has 0 aliphatic carbocycles. The van der Waals surface area contributed by atoms with Crippen LogP contribution in [0.3, 0.4) is 0 Å². The van der Waals surface area contributed by atoms with Crippen LogP contribution in [0.5, 0.6) is 0 Å². The first-order valence-electron chi connectivity index (χ1n) is 4.52. The Morgan fingerprint density at radius 3 is 2.67 bits per heavy atom. The van der Waals surface area contributed by atoms with Gasteiger partial charge in [0.05, 0.1) is 6.34 Å². The quantitative estimate of drug-likeness (QED) is 0.610. The van der Waals surface area contributed by atoms with Gasteiger partial charge in [0, 0.05) is 24.1 Å². The Bertz CT molecular complexity index is 400. The molecule has 0 heterocycles. The van der Waals surface area contributed by atoms with Crippen molar-refractivity contribution in [2.24, 2.45) is 4.99 Å². The van der Waals surface area contributed by atoms with Gasteiger partial charge in [-0.25, -0.2) is 0 Å². The van der Waals surface area contributed by atoms with Crippen LogP contribution >= 0.6 is 15.9 Å². The molecule has 0 unspecified atom stereocenters. The molecule has 0 bridgehead atoms. The summed E-state index contributed by atoms with van der Waals surface area (Å²) < 4.78 is 0.996. The Hall–Kier alpha value is -1.16. The van der Waals surface area contributed by atoms with E-state index in [1.54, 1.807) is 11.0 Å². The second-order valence-electron chi connectivity index (χ2n) is 3.48. The van der Waals surface area contributed by atoms with Crippen molar-refractivity contribution in [2.75, 3.05) is 14.1 Å². The molecule has 0 aromatic heterocycles. The normalized spacial score (nSPS) is 10.7. The van der Waals surface area contributed by atoms with E-state index in [9.17, 15) is 4.79 Å². The Kier molecular flexibility index (Phi) is 4.03. The summed E-state index contributed by atoms with van der Waals surface area (Å²) in [5.41, 5.74) is 1.63. The first-order valence-corrected chi connectivity index (χ1v) is 5.31. The van der Waals surface area contributed by atoms with E-state index in [0.29, 0.717) is 5.56 Å². The van der Waals surface area contributed by atoms with Gasteiger partial charge in [-0.2, -0.15) is 4.99 Å². The lowest BCUT2D eigenvalue weighted by Crippen LogP contribution is -2.09. The number of rotatable bonds is 2. The molecule has 3 nitrogen and oxygen atoms in total. The van der Waals surface area contributed by atoms with Crippen molar-refractivity contribution in [1.29, 1.82) is 0 Å². The molecule has 0 fully saturated rings. The van der Waals surface area contributed by atoms with Gasteiger partial charge in [-0.1, -0.05) is 15.9 Å². The zero-order chi connectivity index (χ0) is 11.4. The molecule has 1 aromatic carbocycles. The smallest absolute Gasteiger partial charge is 0.278 e. The topological polar surface area (TPSA) is 32.7 Å². The number of aryl methyl sites for hydroxylation is 1. The lowest BCUT2D eigenvalue weighted by atomic mass is 10.1. The van der Waals surface area contributed by atoms with Gasteiger partial charge in [0.25, 0.3) is 5.91 Å². The zero-order valence-corrected chi connectivity index (χ0v) is 10.6. The standard InChI is InChI=1S/C11H13BrN2O/c1-8-6-9(4-5-10(8)12)11(15)13-7-14(2)3/h4-7H,1-3H3/b13-7+. The van der Waals surface area contributed by atoms with Crippen molar-refractivity contribution in [2.45, 2.75) is 6.92 Å². The molecular weight excluding hydrogens is 256 g/mol. The largest absolute Gasteiger partial charge is 0.369 e. The summed E-state index contributed by atoms with van der Waals surface area (Å²) >= 11 is 3.38. The minimum Gasteiger partial charge on any atom is -0.369 e. The van der Waals surface area contributed by atoms with Crippen LogP contribution in [-0.2, 0) is 0 Å². The summed E-state index contributed by atoms with van der Waals surface area (Å²) in [4.78, 5) is 17.1. The van der Waals surface area contributed by atoms with Crippen molar-refractivity contribution < 1.29 is 4.79 Å². The van der Waals surface area contributed by atoms with Gasteiger partial charge >= 0.3 is 0 Å². The summed E-state index contributed by atoms with van der Waals surface area (Å²) in [6.45, 7) is 1.94. The third-order valence-corrected chi connectivity index (χ3v) is 2.70. The molecule has 0 saturated heterocycles. The van der Waals surface area contributed by atoms with Gasteiger partial charge < -0.3 is 4.90 Å². The fraction of sp³-hybridized carbons (Fsp3) is 0.273. The van der Waals surface area contributed by atoms with Gasteiger partial charge in [-0.15, -0.1) is 0 Å². The third kappa shape index (κ3) is 3.47. The summed E-state index contributed by atoms with van der Waals surface area (Å²) in [6.07, 6.45) is 1.50. The fourth-order valence-corrected chi connectivity index (χ4v) is 1.27. The van der Waals surface area contributed by atoms with E-state index >= 15 is 0 Å². The van der Waals surface area contributed by atoms with Crippen molar-refractivity contribution in [3.05, 3.63) is 33.8 Å². The van der Waals surface area contributed by atoms with Crippen LogP contribution in [0.25, 0.3) is 0 Å². The Morgan fingerprint density at radius 1 is 1.47 bits per heavy atom. The monoisotopic (exact) mass is 268 g/mol. The predicted octanol–water partition coefficient (Wildman–Crippen LogP) is 2.49. The Labute approximate surface area is 97.9 Å². The lowest BCUT2D eigenvalue weighted by molar-refractivity contribution is 0.100. The molecule has 15 heavy (non-hydrogen) atoms. The van der Waals surface area contributed by atoms with Crippen LogP contribution in [0.4, 0.5) is 0 Å². The second-order valence-corrected chi connectivity index (χ2v) is 4.33. The average molecular weight is 269 g/mol. The number of nitrogens with zero attached hydrogens (tertiary/aromatic N) is 2. The van der Waals surface area contributed by atoms with Gasteiger partial charge in [-0.05, 0) is 30.7 Å². The predicted molar refractivity (Wildman–Crippen MR) is 65.4 cm³/mol. The number of aliphatic imine (C=N–C) groups is 1. The Morgan fingerprint density at radius 2 is 2.13 bits per heavy atom. The molecule has 1 aromatic rings. The van der Waals surface area contributed by atoms with E-state index in [-0.39, 0.29) is 5.91 Å². The van der Waals surface area contributed by atoms with Gasteiger partial charge in [0.2, 0.25) is 0 Å². The van der Waals surface area contributed by atoms with Crippen molar-refractivity contribution in [3.63, 3.8) is 0 Å². The maximum Gasteiger partial charge on any atom is 0.278 e. The molecule has 4 heteroatoms. The van der Waals surface area contributed by atoms with E-state index in [2.05, 4.69) is 20.9 Å². The van der Waals surface area contributed by atoms with Crippen molar-refractivity contribution >= 4 is 28.2 Å². The molecule has 0 aliphatic heterocycles. The minimum absolute atomic E-state index is 0.223. The fourth-order valence-electron chi connectivity index (χ4n) is 1.02. The van der Waals surface area contributed by atoms with Crippen LogP contribution in [0, 0.1) is 6.92 Å². The number of carbonyl (C=O) groups is 1. The minimum atomic E-state index is -0.223. The van der Waals surface area contributed by atoms with E-state index in [1.807, 2.05) is 33.2 Å². The van der Waals surface area contributed by atoms with Gasteiger partial charge in [0.15, 0.2) is 0 Å². The lowest BCUT2D eigenvalue weighted by Gasteiger charge is -2.03. The molecule has 0 spiro atoms. The summed E-state index contributed by atoms with van der Waals surface area (Å²) in [7, 11) is 3.65. The third-order valence-electron chi connectivity index (χ3n) is 1.81. The first kappa shape index (κ1) is 11.9. The molecule has 80 valence electrons. The molecular formula is C11H13BrN2O. The average Bonchev–Trinajstić information content (AvgIpc) is 2.18. The highest BCUT2D eigenvalue weighted by Crippen LogP contribution is 2.17. The van der Waals surface area contributed by atoms with Gasteiger partial charge in [-0.3, -0.25) is 4.79 Å². The van der Waals surface area contributed by atoms with E-state index < -0.39 is 0 Å². The number of hydrogen-bond acceptors (Lipinski definition) is 1. The second kappa shape index (κ2) is 5.07. The highest BCUT2D eigenvalue weighted by molar-refractivity contribution is 9.10. The number of carbonyl (C=O) groups excluding carboxylic acids is 1. The first-order chi connectivity index (χ1) is 7.00. The zero-order valence-electron chi connectivity index (χ0n) is 8.99. The van der Waals surface area contributed by atoms with Crippen LogP contribution in [-0.4, -0.2) is 31.2 Å².